The van der Waals surface area contributed by atoms with E-state index in [0.29, 0.717) is 0 Å². The first-order valence-corrected chi connectivity index (χ1v) is 32.3. The van der Waals surface area contributed by atoms with Crippen LogP contribution in [-0.2, 0) is 57.5 Å². The molecule has 25 heteroatoms. The average molecular weight is 1280 g/mol. The molecule has 1 rings (SSSR count). The van der Waals surface area contributed by atoms with Gasteiger partial charge in [0.25, 0.3) is 5.91 Å². The highest BCUT2D eigenvalue weighted by Crippen LogP contribution is 2.33. The van der Waals surface area contributed by atoms with Crippen LogP contribution in [0, 0.1) is 41.4 Å². The third-order valence-electron chi connectivity index (χ3n) is 17.0. The molecule has 1 aliphatic heterocycles. The van der Waals surface area contributed by atoms with Crippen molar-refractivity contribution in [2.45, 2.75) is 222 Å². The monoisotopic (exact) mass is 1270 g/mol. The van der Waals surface area contributed by atoms with Gasteiger partial charge in [0.15, 0.2) is 0 Å². The van der Waals surface area contributed by atoms with Crippen molar-refractivity contribution in [3.63, 3.8) is 0 Å². The Morgan fingerprint density at radius 1 is 0.567 bits per heavy atom. The predicted octanol–water partition coefficient (Wildman–Crippen LogP) is 2.83. The maximum Gasteiger partial charge on any atom is 0.276 e. The molecule has 1 fully saturated rings. The Morgan fingerprint density at radius 3 is 1.49 bits per heavy atom. The Balaban J connectivity index is 4.53. The minimum atomic E-state index is -2.23. The lowest BCUT2D eigenvalue weighted by Crippen LogP contribution is -2.70. The molecular weight excluding hydrogens is 1160 g/mol. The van der Waals surface area contributed by atoms with Gasteiger partial charge in [0.05, 0.1) is 19.3 Å². The molecule has 1 saturated heterocycles. The third kappa shape index (κ3) is 22.0. The largest absolute Gasteiger partial charge is 0.390 e. The van der Waals surface area contributed by atoms with Gasteiger partial charge in [-0.05, 0) is 102 Å². The van der Waals surface area contributed by atoms with E-state index in [1.165, 1.54) is 82.8 Å². The molecular formula is C65H118N12O13. The Labute approximate surface area is 538 Å². The first kappa shape index (κ1) is 81.8. The quantitative estimate of drug-likeness (QED) is 0.0801. The van der Waals surface area contributed by atoms with E-state index in [1.807, 2.05) is 55.4 Å². The van der Waals surface area contributed by atoms with Gasteiger partial charge in [0.2, 0.25) is 64.8 Å². The van der Waals surface area contributed by atoms with E-state index in [4.69, 9.17) is 4.74 Å². The van der Waals surface area contributed by atoms with Crippen LogP contribution >= 0.6 is 0 Å². The van der Waals surface area contributed by atoms with Crippen LogP contribution in [0.4, 0.5) is 0 Å². The van der Waals surface area contributed by atoms with E-state index in [9.17, 15) is 38.7 Å². The van der Waals surface area contributed by atoms with Gasteiger partial charge in [-0.2, -0.15) is 0 Å². The van der Waals surface area contributed by atoms with Crippen LogP contribution in [-0.4, -0.2) is 247 Å². The zero-order valence-electron chi connectivity index (χ0n) is 59.3. The number of ether oxygens (including phenoxy) is 1. The van der Waals surface area contributed by atoms with Gasteiger partial charge in [0.1, 0.15) is 54.4 Å². The summed E-state index contributed by atoms with van der Waals surface area (Å²) in [6, 6.07) is -11.5. The Bertz CT molecular complexity index is 2450. The summed E-state index contributed by atoms with van der Waals surface area (Å²) in [5.41, 5.74) is -2.23. The fourth-order valence-corrected chi connectivity index (χ4v) is 11.2. The number of nitrogens with one attached hydrogen (secondary N) is 5. The van der Waals surface area contributed by atoms with Gasteiger partial charge in [-0.15, -0.1) is 0 Å². The van der Waals surface area contributed by atoms with Crippen LogP contribution in [0.2, 0.25) is 0 Å². The number of rotatable bonds is 19. The normalized spacial score (nSPS) is 26.9. The standard InChI is InChI=1S/C65H118N12O13/c1-26-28-29-43(15)54(79)53-58(83)69-46(27-2)60(85)71(19)36-51(78)72(20)47(32-37(3)4)57(82)70-52(41(11)12)63(88)73(21)48(33-38(5)6)56(81)67-44(16)55(80)68-45(17)59(84)74(22)49(34-39(7)8)61(86)75(23)50(35-40(9)10)62(87)77(25)65(42(13)14,64(89)76(53)24)90-31-30-66-18/h26,28,37-50,52-54,66,79H,27,29-36H2,1-25H3,(H,67,81)(H,68,80)(H,69,83)(H,70,82)/b28-26+/t43-,44+,45-,46+,47+,48+,49+,50+,52+,53+,54-,65+/m1/s1. The average Bonchev–Trinajstić information content (AvgIpc) is 0.960. The predicted molar refractivity (Wildman–Crippen MR) is 347 cm³/mol. The van der Waals surface area contributed by atoms with E-state index in [-0.39, 0.29) is 75.3 Å². The van der Waals surface area contributed by atoms with E-state index >= 15 is 19.2 Å². The molecule has 0 unspecified atom stereocenters. The highest BCUT2D eigenvalue weighted by atomic mass is 16.5. The van der Waals surface area contributed by atoms with Crippen LogP contribution in [0.25, 0.3) is 0 Å². The topological polar surface area (TPSA) is 300 Å². The number of likely N-dealkylation sites (N-methyl/N-ethyl adjacent to an activating group) is 8. The second kappa shape index (κ2) is 37.3. The van der Waals surface area contributed by atoms with Gasteiger partial charge in [0, 0.05) is 61.8 Å². The number of carbonyl (C=O) groups is 11. The van der Waals surface area contributed by atoms with E-state index < -0.39 is 155 Å². The molecule has 0 bridgehead atoms. The van der Waals surface area contributed by atoms with Crippen molar-refractivity contribution in [2.75, 3.05) is 76.1 Å². The lowest BCUT2D eigenvalue weighted by atomic mass is 9.89. The SMILES string of the molecule is C/C=C/C[C@@H](C)[C@@H](O)[C@H]1C(=O)N[C@@H](CC)C(=O)N(C)CC(=O)N(C)[C@@H](CC(C)C)C(=O)N[C@@H](C(C)C)C(=O)N(C)[C@@H](CC(C)C)C(=O)N[C@@H](C)C(=O)N[C@H](C)C(=O)N(C)[C@@H](CC(C)C)C(=O)N(C)[C@@H](CC(C)C)C(=O)N(C)[C@](OCCNC)(C(C)C)C(=O)N1C. The van der Waals surface area contributed by atoms with Crippen LogP contribution in [0.5, 0.6) is 0 Å². The summed E-state index contributed by atoms with van der Waals surface area (Å²) < 4.78 is 6.62. The van der Waals surface area contributed by atoms with Crippen molar-refractivity contribution >= 4 is 65.0 Å². The van der Waals surface area contributed by atoms with E-state index in [0.717, 1.165) is 14.7 Å². The lowest BCUT2D eigenvalue weighted by molar-refractivity contribution is -0.208. The van der Waals surface area contributed by atoms with Crippen LogP contribution < -0.4 is 26.6 Å². The summed E-state index contributed by atoms with van der Waals surface area (Å²) in [6.07, 6.45) is 2.74. The van der Waals surface area contributed by atoms with Crippen LogP contribution in [0.15, 0.2) is 12.2 Å². The molecule has 25 nitrogen and oxygen atoms in total. The minimum Gasteiger partial charge on any atom is -0.390 e. The Kier molecular flexibility index (Phi) is 33.9. The molecule has 0 radical (unpaired) electrons. The molecule has 11 amide bonds. The molecule has 1 aliphatic rings. The molecule has 1 heterocycles. The summed E-state index contributed by atoms with van der Waals surface area (Å²) in [7, 11) is 11.4. The summed E-state index contributed by atoms with van der Waals surface area (Å²) in [6.45, 7) is 29.1. The number of hydrogen-bond donors (Lipinski definition) is 6. The first-order valence-electron chi connectivity index (χ1n) is 32.3. The molecule has 12 atom stereocenters. The molecule has 0 aromatic heterocycles. The van der Waals surface area contributed by atoms with Crippen molar-refractivity contribution in [2.24, 2.45) is 41.4 Å². The van der Waals surface area contributed by atoms with Crippen molar-refractivity contribution < 1.29 is 62.6 Å². The maximum atomic E-state index is 15.9. The van der Waals surface area contributed by atoms with Gasteiger partial charge in [-0.1, -0.05) is 109 Å². The van der Waals surface area contributed by atoms with Gasteiger partial charge >= 0.3 is 0 Å². The number of carbonyl (C=O) groups excluding carboxylic acids is 11. The van der Waals surface area contributed by atoms with Crippen molar-refractivity contribution in [1.29, 1.82) is 0 Å². The van der Waals surface area contributed by atoms with E-state index in [1.54, 1.807) is 67.7 Å². The lowest BCUT2D eigenvalue weighted by Gasteiger charge is -2.48. The van der Waals surface area contributed by atoms with Gasteiger partial charge in [-0.3, -0.25) is 52.7 Å². The maximum absolute atomic E-state index is 15.9. The first-order chi connectivity index (χ1) is 41.6. The van der Waals surface area contributed by atoms with Gasteiger partial charge < -0.3 is 70.7 Å². The molecule has 516 valence electrons. The fourth-order valence-electron chi connectivity index (χ4n) is 11.2. The fraction of sp³-hybridized carbons (Fsp3) is 0.800. The van der Waals surface area contributed by atoms with Gasteiger partial charge in [-0.25, -0.2) is 0 Å². The zero-order valence-corrected chi connectivity index (χ0v) is 59.3. The molecule has 0 aromatic rings. The highest BCUT2D eigenvalue weighted by Gasteiger charge is 2.55. The molecule has 0 aliphatic carbocycles. The second-order valence-electron chi connectivity index (χ2n) is 27.1. The van der Waals surface area contributed by atoms with E-state index in [2.05, 4.69) is 26.6 Å². The molecule has 0 aromatic carbocycles. The smallest absolute Gasteiger partial charge is 0.276 e. The summed E-state index contributed by atoms with van der Waals surface area (Å²) in [5.74, 6) is -10.7. The molecule has 6 N–H and O–H groups in total. The number of hydrogen-bond acceptors (Lipinski definition) is 14. The molecule has 0 saturated carbocycles. The third-order valence-corrected chi connectivity index (χ3v) is 17.0. The van der Waals surface area contributed by atoms with Crippen molar-refractivity contribution in [1.82, 2.24) is 60.9 Å². The zero-order chi connectivity index (χ0) is 69.7. The minimum absolute atomic E-state index is 0.0104. The summed E-state index contributed by atoms with van der Waals surface area (Å²) >= 11 is 0. The number of aliphatic hydroxyl groups is 1. The summed E-state index contributed by atoms with van der Waals surface area (Å²) in [4.78, 5) is 171. The highest BCUT2D eigenvalue weighted by molar-refractivity contribution is 6.00. The summed E-state index contributed by atoms with van der Waals surface area (Å²) in [5, 5.41) is 26.3. The van der Waals surface area contributed by atoms with Crippen molar-refractivity contribution in [3.8, 4) is 0 Å². The Morgan fingerprint density at radius 2 is 1.02 bits per heavy atom. The second-order valence-corrected chi connectivity index (χ2v) is 27.1. The van der Waals surface area contributed by atoms with Crippen LogP contribution in [0.1, 0.15) is 156 Å². The number of allylic oxidation sites excluding steroid dienone is 2. The number of amides is 11. The molecule has 0 spiro atoms. The van der Waals surface area contributed by atoms with Crippen molar-refractivity contribution in [3.05, 3.63) is 12.2 Å². The van der Waals surface area contributed by atoms with Crippen LogP contribution in [0.3, 0.4) is 0 Å². The molecule has 90 heavy (non-hydrogen) atoms. The number of nitrogens with zero attached hydrogens (tertiary/aromatic N) is 7. The number of aliphatic hydroxyl groups excluding tert-OH is 1. The Hall–Kier alpha value is -6.21.